The van der Waals surface area contributed by atoms with Crippen LogP contribution in [0.1, 0.15) is 24.2 Å². The topological polar surface area (TPSA) is 42.7 Å². The minimum atomic E-state index is 0.0949. The number of aryl methyl sites for hydroxylation is 1. The molecule has 0 aliphatic heterocycles. The van der Waals surface area contributed by atoms with Crippen molar-refractivity contribution < 1.29 is 0 Å². The van der Waals surface area contributed by atoms with Crippen molar-refractivity contribution >= 4 is 38.5 Å². The molecule has 2 aromatic rings. The molecule has 0 bridgehead atoms. The van der Waals surface area contributed by atoms with E-state index in [0.717, 1.165) is 16.8 Å². The zero-order valence-electron chi connectivity index (χ0n) is 10.2. The summed E-state index contributed by atoms with van der Waals surface area (Å²) in [4.78, 5) is 0. The third kappa shape index (κ3) is 2.75. The summed E-state index contributed by atoms with van der Waals surface area (Å²) in [6.45, 7) is 2.98. The molecule has 0 spiro atoms. The molecule has 1 atom stereocenters. The van der Waals surface area contributed by atoms with Crippen molar-refractivity contribution in [2.24, 2.45) is 7.05 Å². The van der Waals surface area contributed by atoms with E-state index in [4.69, 9.17) is 0 Å². The molecule has 0 fully saturated rings. The average Bonchev–Trinajstić information content (AvgIpc) is 2.68. The van der Waals surface area contributed by atoms with Gasteiger partial charge < -0.3 is 5.32 Å². The molecule has 4 nitrogen and oxygen atoms in total. The Bertz CT molecular complexity index is 521. The largest absolute Gasteiger partial charge is 0.305 e. The van der Waals surface area contributed by atoms with Gasteiger partial charge in [-0.2, -0.15) is 0 Å². The molecule has 1 unspecified atom stereocenters. The Morgan fingerprint density at radius 2 is 2.17 bits per heavy atom. The molecule has 0 radical (unpaired) electrons. The van der Waals surface area contributed by atoms with Gasteiger partial charge in [-0.1, -0.05) is 30.3 Å². The lowest BCUT2D eigenvalue weighted by Crippen LogP contribution is -2.25. The first-order valence-corrected chi connectivity index (χ1v) is 7.55. The smallest absolute Gasteiger partial charge is 0.153 e. The second-order valence-electron chi connectivity index (χ2n) is 3.90. The molecule has 18 heavy (non-hydrogen) atoms. The molecule has 1 N–H and O–H groups in total. The van der Waals surface area contributed by atoms with Gasteiger partial charge >= 0.3 is 0 Å². The number of halogens is 2. The van der Waals surface area contributed by atoms with Crippen LogP contribution in [-0.2, 0) is 7.05 Å². The first-order valence-electron chi connectivity index (χ1n) is 5.68. The van der Waals surface area contributed by atoms with E-state index in [1.165, 1.54) is 9.13 Å². The van der Waals surface area contributed by atoms with Crippen molar-refractivity contribution in [1.29, 1.82) is 0 Å². The quantitative estimate of drug-likeness (QED) is 0.773. The van der Waals surface area contributed by atoms with Crippen LogP contribution in [0.4, 0.5) is 0 Å². The Kier molecular flexibility index (Phi) is 4.74. The van der Waals surface area contributed by atoms with Crippen molar-refractivity contribution in [3.8, 4) is 0 Å². The Hall–Kier alpha value is -0.470. The van der Waals surface area contributed by atoms with Gasteiger partial charge in [-0.05, 0) is 56.7 Å². The average molecular weight is 421 g/mol. The predicted octanol–water partition coefficient (Wildman–Crippen LogP) is 2.88. The molecule has 6 heteroatoms. The Labute approximate surface area is 128 Å². The number of nitrogens with zero attached hydrogens (tertiary/aromatic N) is 3. The molecular weight excluding hydrogens is 407 g/mol. The van der Waals surface area contributed by atoms with Crippen molar-refractivity contribution in [2.75, 3.05) is 6.54 Å². The van der Waals surface area contributed by atoms with E-state index >= 15 is 0 Å². The zero-order chi connectivity index (χ0) is 13.1. The van der Waals surface area contributed by atoms with Crippen molar-refractivity contribution in [2.45, 2.75) is 13.0 Å². The van der Waals surface area contributed by atoms with Crippen LogP contribution in [0.25, 0.3) is 0 Å². The monoisotopic (exact) mass is 420 g/mol. The molecule has 0 saturated heterocycles. The number of rotatable bonds is 4. The SMILES string of the molecule is CCNC(c1ccccc1I)c1c(Br)nnn1C. The number of nitrogens with one attached hydrogen (secondary N) is 1. The van der Waals surface area contributed by atoms with Crippen LogP contribution in [0.15, 0.2) is 28.9 Å². The molecule has 1 aromatic carbocycles. The van der Waals surface area contributed by atoms with Crippen LogP contribution in [0.5, 0.6) is 0 Å². The first kappa shape index (κ1) is 14.0. The highest BCUT2D eigenvalue weighted by molar-refractivity contribution is 14.1. The van der Waals surface area contributed by atoms with Crippen LogP contribution in [-0.4, -0.2) is 21.5 Å². The Morgan fingerprint density at radius 1 is 1.44 bits per heavy atom. The minimum Gasteiger partial charge on any atom is -0.305 e. The molecule has 0 aliphatic carbocycles. The number of hydrogen-bond donors (Lipinski definition) is 1. The summed E-state index contributed by atoms with van der Waals surface area (Å²) in [5.41, 5.74) is 2.28. The predicted molar refractivity (Wildman–Crippen MR) is 83.4 cm³/mol. The number of aromatic nitrogens is 3. The first-order chi connectivity index (χ1) is 8.65. The Morgan fingerprint density at radius 3 is 2.72 bits per heavy atom. The molecule has 0 aliphatic rings. The van der Waals surface area contributed by atoms with Crippen LogP contribution in [0.2, 0.25) is 0 Å². The lowest BCUT2D eigenvalue weighted by molar-refractivity contribution is 0.565. The Balaban J connectivity index is 2.50. The molecular formula is C12H14BrIN4. The summed E-state index contributed by atoms with van der Waals surface area (Å²) < 4.78 is 3.82. The molecule has 0 amide bonds. The summed E-state index contributed by atoms with van der Waals surface area (Å²) in [7, 11) is 1.91. The van der Waals surface area contributed by atoms with E-state index in [1.807, 2.05) is 13.1 Å². The van der Waals surface area contributed by atoms with Crippen molar-refractivity contribution in [3.05, 3.63) is 43.7 Å². The lowest BCUT2D eigenvalue weighted by atomic mass is 10.0. The summed E-state index contributed by atoms with van der Waals surface area (Å²) in [5.74, 6) is 0. The summed E-state index contributed by atoms with van der Waals surface area (Å²) >= 11 is 5.83. The second kappa shape index (κ2) is 6.12. The lowest BCUT2D eigenvalue weighted by Gasteiger charge is -2.20. The van der Waals surface area contributed by atoms with E-state index < -0.39 is 0 Å². The van der Waals surface area contributed by atoms with E-state index in [-0.39, 0.29) is 6.04 Å². The van der Waals surface area contributed by atoms with Gasteiger partial charge in [0, 0.05) is 10.6 Å². The van der Waals surface area contributed by atoms with Crippen molar-refractivity contribution in [3.63, 3.8) is 0 Å². The molecule has 1 heterocycles. The van der Waals surface area contributed by atoms with E-state index in [2.05, 4.69) is 79.3 Å². The maximum Gasteiger partial charge on any atom is 0.153 e. The second-order valence-corrected chi connectivity index (χ2v) is 5.81. The van der Waals surface area contributed by atoms with E-state index in [9.17, 15) is 0 Å². The van der Waals surface area contributed by atoms with Gasteiger partial charge in [0.1, 0.15) is 0 Å². The van der Waals surface area contributed by atoms with Crippen LogP contribution in [0, 0.1) is 3.57 Å². The summed E-state index contributed by atoms with van der Waals surface area (Å²) in [5, 5.41) is 11.6. The van der Waals surface area contributed by atoms with E-state index in [0.29, 0.717) is 0 Å². The molecule has 1 aromatic heterocycles. The number of benzene rings is 1. The summed E-state index contributed by atoms with van der Waals surface area (Å²) in [6, 6.07) is 8.44. The summed E-state index contributed by atoms with van der Waals surface area (Å²) in [6.07, 6.45) is 0. The minimum absolute atomic E-state index is 0.0949. The molecule has 96 valence electrons. The highest BCUT2D eigenvalue weighted by Gasteiger charge is 2.22. The fraction of sp³-hybridized carbons (Fsp3) is 0.333. The van der Waals surface area contributed by atoms with Gasteiger partial charge in [0.2, 0.25) is 0 Å². The van der Waals surface area contributed by atoms with Gasteiger partial charge in [-0.3, -0.25) is 0 Å². The normalized spacial score (nSPS) is 12.7. The maximum atomic E-state index is 4.06. The fourth-order valence-corrected chi connectivity index (χ4v) is 3.17. The molecule has 0 saturated carbocycles. The maximum absolute atomic E-state index is 4.06. The van der Waals surface area contributed by atoms with Gasteiger partial charge in [-0.15, -0.1) is 5.10 Å². The van der Waals surface area contributed by atoms with Crippen LogP contribution >= 0.6 is 38.5 Å². The van der Waals surface area contributed by atoms with Crippen LogP contribution in [0.3, 0.4) is 0 Å². The highest BCUT2D eigenvalue weighted by Crippen LogP contribution is 2.29. The number of hydrogen-bond acceptors (Lipinski definition) is 3. The van der Waals surface area contributed by atoms with E-state index in [1.54, 1.807) is 4.68 Å². The van der Waals surface area contributed by atoms with Gasteiger partial charge in [-0.25, -0.2) is 4.68 Å². The molecule has 2 rings (SSSR count). The fourth-order valence-electron chi connectivity index (χ4n) is 1.91. The third-order valence-corrected chi connectivity index (χ3v) is 4.27. The standard InChI is InChI=1S/C12H14BrIN4/c1-3-15-10(8-6-4-5-7-9(8)14)11-12(13)16-17-18(11)2/h4-7,10,15H,3H2,1-2H3. The highest BCUT2D eigenvalue weighted by atomic mass is 127. The zero-order valence-corrected chi connectivity index (χ0v) is 13.9. The van der Waals surface area contributed by atoms with Gasteiger partial charge in [0.25, 0.3) is 0 Å². The van der Waals surface area contributed by atoms with Crippen molar-refractivity contribution in [1.82, 2.24) is 20.3 Å². The van der Waals surface area contributed by atoms with Gasteiger partial charge in [0.05, 0.1) is 11.7 Å². The third-order valence-electron chi connectivity index (χ3n) is 2.72. The van der Waals surface area contributed by atoms with Crippen LogP contribution < -0.4 is 5.32 Å². The van der Waals surface area contributed by atoms with Gasteiger partial charge in [0.15, 0.2) is 4.60 Å².